The minimum absolute atomic E-state index is 0.0464. The van der Waals surface area contributed by atoms with Gasteiger partial charge in [-0.2, -0.15) is 10.1 Å². The number of aromatic nitrogens is 5. The minimum atomic E-state index is 0.0464. The molecule has 4 rings (SSSR count). The maximum absolute atomic E-state index is 12.3. The number of amides is 1. The summed E-state index contributed by atoms with van der Waals surface area (Å²) in [6.45, 7) is 3.42. The number of piperidine rings is 1. The smallest absolute Gasteiger partial charge is 0.239 e. The second-order valence-corrected chi connectivity index (χ2v) is 7.99. The molecular formula is C19H29N7O2. The Kier molecular flexibility index (Phi) is 6.31. The van der Waals surface area contributed by atoms with Crippen LogP contribution in [0.3, 0.4) is 0 Å². The van der Waals surface area contributed by atoms with Crippen LogP contribution >= 0.6 is 0 Å². The summed E-state index contributed by atoms with van der Waals surface area (Å²) in [6.07, 6.45) is 11.2. The van der Waals surface area contributed by atoms with Crippen LogP contribution < -0.4 is 5.32 Å². The zero-order valence-electron chi connectivity index (χ0n) is 16.3. The maximum atomic E-state index is 12.3. The molecule has 2 N–H and O–H groups in total. The lowest BCUT2D eigenvalue weighted by Crippen LogP contribution is -2.46. The van der Waals surface area contributed by atoms with Crippen molar-refractivity contribution in [3.63, 3.8) is 0 Å². The van der Waals surface area contributed by atoms with Gasteiger partial charge in [-0.25, -0.2) is 4.98 Å². The van der Waals surface area contributed by atoms with Crippen LogP contribution in [0.15, 0.2) is 10.9 Å². The second kappa shape index (κ2) is 9.27. The highest BCUT2D eigenvalue weighted by atomic mass is 16.5. The van der Waals surface area contributed by atoms with Crippen molar-refractivity contribution in [2.45, 2.75) is 63.8 Å². The number of hydrogen-bond donors (Lipinski definition) is 2. The van der Waals surface area contributed by atoms with E-state index in [1.165, 1.54) is 45.0 Å². The van der Waals surface area contributed by atoms with Gasteiger partial charge in [-0.3, -0.25) is 9.89 Å². The lowest BCUT2D eigenvalue weighted by molar-refractivity contribution is -0.122. The van der Waals surface area contributed by atoms with Gasteiger partial charge in [-0.15, -0.1) is 0 Å². The minimum Gasteiger partial charge on any atom is -0.353 e. The lowest BCUT2D eigenvalue weighted by atomic mass is 9.88. The molecule has 0 spiro atoms. The summed E-state index contributed by atoms with van der Waals surface area (Å²) >= 11 is 0. The molecule has 2 aromatic heterocycles. The molecule has 1 amide bonds. The molecule has 2 aromatic rings. The summed E-state index contributed by atoms with van der Waals surface area (Å²) in [5.74, 6) is 2.18. The predicted octanol–water partition coefficient (Wildman–Crippen LogP) is 1.95. The van der Waals surface area contributed by atoms with E-state index in [9.17, 15) is 4.79 Å². The van der Waals surface area contributed by atoms with Crippen LogP contribution in [0, 0.1) is 5.92 Å². The van der Waals surface area contributed by atoms with Crippen LogP contribution in [0.5, 0.6) is 0 Å². The topological polar surface area (TPSA) is 113 Å². The standard InChI is InChI=1S/C19H29N7O2/c27-16(6-7-17-23-19(25-28-17)18-20-13-21-24-18)22-15-8-10-26(11-9-15)12-14-4-2-1-3-5-14/h13-15H,1-12H2,(H,22,27)(H,20,21,24). The van der Waals surface area contributed by atoms with Gasteiger partial charge in [0.2, 0.25) is 17.6 Å². The lowest BCUT2D eigenvalue weighted by Gasteiger charge is -2.35. The quantitative estimate of drug-likeness (QED) is 0.746. The average Bonchev–Trinajstić information content (AvgIpc) is 3.41. The SMILES string of the molecule is O=C(CCc1nc(-c2ncn[nH]2)no1)NC1CCN(CC2CCCCC2)CC1. The van der Waals surface area contributed by atoms with E-state index in [-0.39, 0.29) is 11.9 Å². The zero-order chi connectivity index (χ0) is 19.2. The molecule has 152 valence electrons. The second-order valence-electron chi connectivity index (χ2n) is 7.99. The van der Waals surface area contributed by atoms with Gasteiger partial charge in [0, 0.05) is 38.5 Å². The zero-order valence-corrected chi connectivity index (χ0v) is 16.3. The third kappa shape index (κ3) is 5.15. The highest BCUT2D eigenvalue weighted by Crippen LogP contribution is 2.25. The number of hydrogen-bond acceptors (Lipinski definition) is 7. The molecule has 1 aliphatic heterocycles. The first-order valence-corrected chi connectivity index (χ1v) is 10.5. The third-order valence-electron chi connectivity index (χ3n) is 5.85. The third-order valence-corrected chi connectivity index (χ3v) is 5.85. The number of H-pyrrole nitrogens is 1. The van der Waals surface area contributed by atoms with Crippen LogP contribution in [0.2, 0.25) is 0 Å². The van der Waals surface area contributed by atoms with Crippen molar-refractivity contribution in [2.24, 2.45) is 5.92 Å². The number of likely N-dealkylation sites (tertiary alicyclic amines) is 1. The van der Waals surface area contributed by atoms with Crippen LogP contribution in [0.1, 0.15) is 57.3 Å². The first kappa shape index (κ1) is 19.0. The molecule has 1 saturated heterocycles. The van der Waals surface area contributed by atoms with Crippen LogP contribution in [0.25, 0.3) is 11.6 Å². The van der Waals surface area contributed by atoms with Crippen LogP contribution in [0.4, 0.5) is 0 Å². The summed E-state index contributed by atoms with van der Waals surface area (Å²) in [5, 5.41) is 13.5. The number of aromatic amines is 1. The van der Waals surface area contributed by atoms with Crippen molar-refractivity contribution < 1.29 is 9.32 Å². The van der Waals surface area contributed by atoms with E-state index in [2.05, 4.69) is 35.5 Å². The van der Waals surface area contributed by atoms with E-state index in [1.54, 1.807) is 0 Å². The molecule has 0 radical (unpaired) electrons. The van der Waals surface area contributed by atoms with Crippen molar-refractivity contribution in [1.82, 2.24) is 35.5 Å². The maximum Gasteiger partial charge on any atom is 0.239 e. The molecule has 1 aliphatic carbocycles. The highest BCUT2D eigenvalue weighted by Gasteiger charge is 2.23. The molecular weight excluding hydrogens is 358 g/mol. The van der Waals surface area contributed by atoms with Crippen molar-refractivity contribution >= 4 is 5.91 Å². The van der Waals surface area contributed by atoms with Gasteiger partial charge in [0.1, 0.15) is 6.33 Å². The molecule has 0 bridgehead atoms. The monoisotopic (exact) mass is 387 g/mol. The number of rotatable bonds is 7. The first-order chi connectivity index (χ1) is 13.8. The van der Waals surface area contributed by atoms with Gasteiger partial charge in [-0.1, -0.05) is 24.4 Å². The largest absolute Gasteiger partial charge is 0.353 e. The Labute approximate surface area is 164 Å². The molecule has 28 heavy (non-hydrogen) atoms. The Morgan fingerprint density at radius 2 is 2.04 bits per heavy atom. The first-order valence-electron chi connectivity index (χ1n) is 10.5. The number of aryl methyl sites for hydroxylation is 1. The fourth-order valence-electron chi connectivity index (χ4n) is 4.28. The predicted molar refractivity (Wildman–Crippen MR) is 102 cm³/mol. The van der Waals surface area contributed by atoms with E-state index in [1.807, 2.05) is 0 Å². The fourth-order valence-corrected chi connectivity index (χ4v) is 4.28. The van der Waals surface area contributed by atoms with Gasteiger partial charge < -0.3 is 14.7 Å². The Morgan fingerprint density at radius 1 is 1.21 bits per heavy atom. The van der Waals surface area contributed by atoms with Crippen molar-refractivity contribution in [3.05, 3.63) is 12.2 Å². The summed E-state index contributed by atoms with van der Waals surface area (Å²) < 4.78 is 5.18. The van der Waals surface area contributed by atoms with E-state index in [0.717, 1.165) is 31.8 Å². The molecule has 0 aromatic carbocycles. The summed E-state index contributed by atoms with van der Waals surface area (Å²) in [4.78, 5) is 23.1. The summed E-state index contributed by atoms with van der Waals surface area (Å²) in [6, 6.07) is 0.280. The molecule has 9 nitrogen and oxygen atoms in total. The number of nitrogens with zero attached hydrogens (tertiary/aromatic N) is 5. The Balaban J connectivity index is 1.15. The highest BCUT2D eigenvalue weighted by molar-refractivity contribution is 5.76. The van der Waals surface area contributed by atoms with Crippen molar-refractivity contribution in [2.75, 3.05) is 19.6 Å². The number of carbonyl (C=O) groups is 1. The Morgan fingerprint density at radius 3 is 2.79 bits per heavy atom. The fraction of sp³-hybridized carbons (Fsp3) is 0.737. The van der Waals surface area contributed by atoms with E-state index >= 15 is 0 Å². The molecule has 0 unspecified atom stereocenters. The van der Waals surface area contributed by atoms with Crippen molar-refractivity contribution in [1.29, 1.82) is 0 Å². The van der Waals surface area contributed by atoms with E-state index < -0.39 is 0 Å². The number of nitrogens with one attached hydrogen (secondary N) is 2. The Bertz CT molecular complexity index is 731. The molecule has 3 heterocycles. The van der Waals surface area contributed by atoms with E-state index in [0.29, 0.717) is 30.4 Å². The van der Waals surface area contributed by atoms with Gasteiger partial charge in [-0.05, 0) is 31.6 Å². The van der Waals surface area contributed by atoms with Gasteiger partial charge in [0.25, 0.3) is 0 Å². The average molecular weight is 387 g/mol. The van der Waals surface area contributed by atoms with Gasteiger partial charge in [0.05, 0.1) is 0 Å². The van der Waals surface area contributed by atoms with E-state index in [4.69, 9.17) is 4.52 Å². The van der Waals surface area contributed by atoms with Gasteiger partial charge in [0.15, 0.2) is 5.82 Å². The summed E-state index contributed by atoms with van der Waals surface area (Å²) in [7, 11) is 0. The molecule has 2 aliphatic rings. The molecule has 9 heteroatoms. The van der Waals surface area contributed by atoms with Crippen molar-refractivity contribution in [3.8, 4) is 11.6 Å². The molecule has 1 saturated carbocycles. The summed E-state index contributed by atoms with van der Waals surface area (Å²) in [5.41, 5.74) is 0. The van der Waals surface area contributed by atoms with Gasteiger partial charge >= 0.3 is 0 Å². The van der Waals surface area contributed by atoms with Crippen LogP contribution in [-0.4, -0.2) is 61.8 Å². The molecule has 2 fully saturated rings. The normalized spacial score (nSPS) is 19.7. The Hall–Kier alpha value is -2.29. The molecule has 0 atom stereocenters. The number of carbonyl (C=O) groups excluding carboxylic acids is 1. The van der Waals surface area contributed by atoms with Crippen LogP contribution in [-0.2, 0) is 11.2 Å².